The van der Waals surface area contributed by atoms with E-state index in [1.54, 1.807) is 26.1 Å². The minimum atomic E-state index is -0.591. The Morgan fingerprint density at radius 2 is 1.92 bits per heavy atom. The van der Waals surface area contributed by atoms with Gasteiger partial charge >= 0.3 is 5.63 Å². The van der Waals surface area contributed by atoms with Crippen LogP contribution < -0.4 is 11.4 Å². The lowest BCUT2D eigenvalue weighted by Crippen LogP contribution is -2.36. The van der Waals surface area contributed by atoms with Crippen molar-refractivity contribution in [3.05, 3.63) is 45.8 Å². The predicted molar refractivity (Wildman–Crippen MR) is 98.9 cm³/mol. The Labute approximate surface area is 148 Å². The second-order valence-corrected chi connectivity index (χ2v) is 6.31. The monoisotopic (exact) mass is 352 g/mol. The number of aryl methyl sites for hydroxylation is 1. The van der Waals surface area contributed by atoms with E-state index in [1.165, 1.54) is 4.90 Å². The molecule has 2 rings (SSSR count). The normalized spacial score (nSPS) is 12.1. The third-order valence-corrected chi connectivity index (χ3v) is 4.29. The van der Waals surface area contributed by atoms with Gasteiger partial charge in [0.1, 0.15) is 11.1 Å². The molecular formula is C18H25ClN2O3. The summed E-state index contributed by atoms with van der Waals surface area (Å²) in [4.78, 5) is 26.4. The number of hydrogen-bond acceptors (Lipinski definition) is 4. The van der Waals surface area contributed by atoms with Crippen LogP contribution in [0.15, 0.2) is 33.5 Å². The van der Waals surface area contributed by atoms with Gasteiger partial charge in [0, 0.05) is 25.0 Å². The summed E-state index contributed by atoms with van der Waals surface area (Å²) in [5, 5.41) is 0.780. The summed E-state index contributed by atoms with van der Waals surface area (Å²) in [5.41, 5.74) is 6.68. The largest absolute Gasteiger partial charge is 0.422 e. The van der Waals surface area contributed by atoms with Gasteiger partial charge in [0.15, 0.2) is 0 Å². The van der Waals surface area contributed by atoms with Gasteiger partial charge in [-0.2, -0.15) is 0 Å². The molecule has 2 aromatic rings. The lowest BCUT2D eigenvalue weighted by molar-refractivity contribution is 0.0784. The molecule has 1 amide bonds. The molecule has 1 aromatic heterocycles. The van der Waals surface area contributed by atoms with E-state index in [0.717, 1.165) is 5.39 Å². The lowest BCUT2D eigenvalue weighted by atomic mass is 10.0. The van der Waals surface area contributed by atoms with Crippen LogP contribution in [0, 0.1) is 12.8 Å². The Kier molecular flexibility index (Phi) is 6.99. The van der Waals surface area contributed by atoms with Gasteiger partial charge in [-0.25, -0.2) is 4.79 Å². The van der Waals surface area contributed by atoms with Crippen molar-refractivity contribution in [3.63, 3.8) is 0 Å². The fourth-order valence-corrected chi connectivity index (χ4v) is 2.52. The fraction of sp³-hybridized carbons (Fsp3) is 0.444. The van der Waals surface area contributed by atoms with Gasteiger partial charge in [-0.3, -0.25) is 4.79 Å². The summed E-state index contributed by atoms with van der Waals surface area (Å²) in [5.74, 6) is 0.0314. The molecule has 1 heterocycles. The van der Waals surface area contributed by atoms with Crippen molar-refractivity contribution in [1.29, 1.82) is 0 Å². The SMILES string of the molecule is Cc1c(C(=O)N(C)CCC(N)C(C)C)c(=O)oc2ccccc12.Cl. The van der Waals surface area contributed by atoms with E-state index in [2.05, 4.69) is 13.8 Å². The maximum absolute atomic E-state index is 12.6. The molecule has 0 aliphatic heterocycles. The van der Waals surface area contributed by atoms with E-state index in [0.29, 0.717) is 30.0 Å². The van der Waals surface area contributed by atoms with Crippen LogP contribution in [0.5, 0.6) is 0 Å². The molecule has 132 valence electrons. The molecule has 24 heavy (non-hydrogen) atoms. The fourth-order valence-electron chi connectivity index (χ4n) is 2.52. The molecule has 6 heteroatoms. The van der Waals surface area contributed by atoms with Crippen molar-refractivity contribution in [2.75, 3.05) is 13.6 Å². The minimum absolute atomic E-state index is 0. The summed E-state index contributed by atoms with van der Waals surface area (Å²) < 4.78 is 5.28. The molecule has 0 bridgehead atoms. The minimum Gasteiger partial charge on any atom is -0.422 e. The van der Waals surface area contributed by atoms with Gasteiger partial charge in [0.2, 0.25) is 0 Å². The number of hydrogen-bond donors (Lipinski definition) is 1. The zero-order valence-electron chi connectivity index (χ0n) is 14.5. The number of benzene rings is 1. The van der Waals surface area contributed by atoms with Crippen LogP contribution in [0.3, 0.4) is 0 Å². The molecule has 0 fully saturated rings. The third-order valence-electron chi connectivity index (χ3n) is 4.29. The molecular weight excluding hydrogens is 328 g/mol. The number of amides is 1. The van der Waals surface area contributed by atoms with Gasteiger partial charge in [-0.15, -0.1) is 12.4 Å². The maximum atomic E-state index is 12.6. The molecule has 1 atom stereocenters. The van der Waals surface area contributed by atoms with Crippen LogP contribution in [0.25, 0.3) is 11.0 Å². The maximum Gasteiger partial charge on any atom is 0.349 e. The molecule has 2 N–H and O–H groups in total. The van der Waals surface area contributed by atoms with Crippen molar-refractivity contribution < 1.29 is 9.21 Å². The Hall–Kier alpha value is -1.85. The Balaban J connectivity index is 0.00000288. The van der Waals surface area contributed by atoms with E-state index < -0.39 is 5.63 Å². The zero-order valence-corrected chi connectivity index (χ0v) is 15.4. The first-order valence-corrected chi connectivity index (χ1v) is 7.86. The molecule has 1 unspecified atom stereocenters. The highest BCUT2D eigenvalue weighted by Gasteiger charge is 2.22. The van der Waals surface area contributed by atoms with Gasteiger partial charge in [0.05, 0.1) is 0 Å². The third kappa shape index (κ3) is 4.16. The van der Waals surface area contributed by atoms with Gasteiger partial charge in [0.25, 0.3) is 5.91 Å². The molecule has 0 spiro atoms. The number of para-hydroxylation sites is 1. The quantitative estimate of drug-likeness (QED) is 0.839. The molecule has 0 saturated carbocycles. The second kappa shape index (κ2) is 8.31. The highest BCUT2D eigenvalue weighted by atomic mass is 35.5. The van der Waals surface area contributed by atoms with E-state index >= 15 is 0 Å². The van der Waals surface area contributed by atoms with Crippen molar-refractivity contribution in [3.8, 4) is 0 Å². The second-order valence-electron chi connectivity index (χ2n) is 6.31. The number of fused-ring (bicyclic) bond motifs is 1. The molecule has 5 nitrogen and oxygen atoms in total. The van der Waals surface area contributed by atoms with Gasteiger partial charge < -0.3 is 15.1 Å². The smallest absolute Gasteiger partial charge is 0.349 e. The zero-order chi connectivity index (χ0) is 17.1. The van der Waals surface area contributed by atoms with Crippen LogP contribution >= 0.6 is 12.4 Å². The summed E-state index contributed by atoms with van der Waals surface area (Å²) >= 11 is 0. The van der Waals surface area contributed by atoms with Crippen molar-refractivity contribution in [2.24, 2.45) is 11.7 Å². The topological polar surface area (TPSA) is 76.5 Å². The number of carbonyl (C=O) groups excluding carboxylic acids is 1. The molecule has 0 aliphatic rings. The highest BCUT2D eigenvalue weighted by molar-refractivity contribution is 5.99. The van der Waals surface area contributed by atoms with Crippen LogP contribution in [-0.4, -0.2) is 30.4 Å². The Morgan fingerprint density at radius 1 is 1.29 bits per heavy atom. The summed E-state index contributed by atoms with van der Waals surface area (Å²) in [6.07, 6.45) is 0.692. The molecule has 1 aromatic carbocycles. The van der Waals surface area contributed by atoms with Crippen molar-refractivity contribution in [1.82, 2.24) is 4.90 Å². The molecule has 0 saturated heterocycles. The number of nitrogens with zero attached hydrogens (tertiary/aromatic N) is 1. The molecule has 0 radical (unpaired) electrons. The van der Waals surface area contributed by atoms with E-state index in [9.17, 15) is 9.59 Å². The number of halogens is 1. The number of rotatable bonds is 5. The molecule has 0 aliphatic carbocycles. The first-order chi connectivity index (χ1) is 10.8. The van der Waals surface area contributed by atoms with E-state index in [1.807, 2.05) is 12.1 Å². The van der Waals surface area contributed by atoms with Crippen LogP contribution in [-0.2, 0) is 0 Å². The first-order valence-electron chi connectivity index (χ1n) is 7.86. The average Bonchev–Trinajstić information content (AvgIpc) is 2.51. The first kappa shape index (κ1) is 20.2. The highest BCUT2D eigenvalue weighted by Crippen LogP contribution is 2.19. The summed E-state index contributed by atoms with van der Waals surface area (Å²) in [7, 11) is 1.68. The lowest BCUT2D eigenvalue weighted by Gasteiger charge is -2.22. The van der Waals surface area contributed by atoms with Crippen LogP contribution in [0.2, 0.25) is 0 Å². The van der Waals surface area contributed by atoms with Gasteiger partial charge in [-0.1, -0.05) is 32.0 Å². The summed E-state index contributed by atoms with van der Waals surface area (Å²) in [6, 6.07) is 7.25. The van der Waals surface area contributed by atoms with Crippen molar-refractivity contribution in [2.45, 2.75) is 33.2 Å². The Morgan fingerprint density at radius 3 is 2.54 bits per heavy atom. The van der Waals surface area contributed by atoms with E-state index in [4.69, 9.17) is 10.2 Å². The van der Waals surface area contributed by atoms with Crippen LogP contribution in [0.1, 0.15) is 36.2 Å². The van der Waals surface area contributed by atoms with E-state index in [-0.39, 0.29) is 29.9 Å². The Bertz CT molecular complexity index is 770. The van der Waals surface area contributed by atoms with Gasteiger partial charge in [-0.05, 0) is 30.9 Å². The summed E-state index contributed by atoms with van der Waals surface area (Å²) in [6.45, 7) is 6.38. The number of nitrogens with two attached hydrogens (primary N) is 1. The average molecular weight is 353 g/mol. The standard InChI is InChI=1S/C18H24N2O3.ClH/c1-11(2)14(19)9-10-20(4)17(21)16-12(3)13-7-5-6-8-15(13)23-18(16)22;/h5-8,11,14H,9-10,19H2,1-4H3;1H. The van der Waals surface area contributed by atoms with Crippen molar-refractivity contribution >= 4 is 29.3 Å². The number of carbonyl (C=O) groups is 1. The van der Waals surface area contributed by atoms with Crippen LogP contribution in [0.4, 0.5) is 0 Å². The predicted octanol–water partition coefficient (Wildman–Crippen LogP) is 2.97.